The van der Waals surface area contributed by atoms with Crippen molar-refractivity contribution in [3.8, 4) is 39.7 Å². The summed E-state index contributed by atoms with van der Waals surface area (Å²) in [7, 11) is 4.00. The van der Waals surface area contributed by atoms with Gasteiger partial charge in [0.25, 0.3) is 0 Å². The summed E-state index contributed by atoms with van der Waals surface area (Å²) in [6.07, 6.45) is 5.23. The maximum atomic E-state index is 14.7. The molecule has 0 fully saturated rings. The van der Waals surface area contributed by atoms with E-state index in [1.165, 1.54) is 12.1 Å². The van der Waals surface area contributed by atoms with Crippen LogP contribution in [0.25, 0.3) is 55.8 Å². The third-order valence-corrected chi connectivity index (χ3v) is 7.54. The Morgan fingerprint density at radius 2 is 1.76 bits per heavy atom. The predicted molar refractivity (Wildman–Crippen MR) is 175 cm³/mol. The van der Waals surface area contributed by atoms with Crippen LogP contribution < -0.4 is 10.1 Å². The predicted octanol–water partition coefficient (Wildman–Crippen LogP) is 6.92. The molecule has 10 heteroatoms. The number of aromatic nitrogens is 6. The highest BCUT2D eigenvalue weighted by atomic mass is 19.1. The monoisotopic (exact) mass is 598 g/mol. The summed E-state index contributed by atoms with van der Waals surface area (Å²) in [5, 5.41) is 11.9. The fourth-order valence-corrected chi connectivity index (χ4v) is 5.28. The van der Waals surface area contributed by atoms with Crippen molar-refractivity contribution in [3.63, 3.8) is 0 Å². The molecule has 4 heterocycles. The number of hydrogen-bond acceptors (Lipinski definition) is 7. The average molecular weight is 599 g/mol. The second-order valence-corrected chi connectivity index (χ2v) is 11.1. The van der Waals surface area contributed by atoms with Gasteiger partial charge in [0.05, 0.1) is 22.9 Å². The number of imidazole rings is 1. The average Bonchev–Trinajstić information content (AvgIpc) is 3.68. The highest BCUT2D eigenvalue weighted by Crippen LogP contribution is 2.34. The van der Waals surface area contributed by atoms with Crippen LogP contribution in [0.2, 0.25) is 0 Å². The SMILES string of the molecule is CN(C)CCNc1cc(F)cc(-c2nccc3[nH]c(-c4n[nH]c5ccc(-c6cncc(OCc7ccccc7)c6)cc45)nc23)c1. The van der Waals surface area contributed by atoms with E-state index < -0.39 is 0 Å². The molecule has 3 aromatic carbocycles. The largest absolute Gasteiger partial charge is 0.487 e. The number of nitrogens with one attached hydrogen (secondary N) is 3. The van der Waals surface area contributed by atoms with Crippen molar-refractivity contribution < 1.29 is 9.13 Å². The minimum atomic E-state index is -0.343. The zero-order chi connectivity index (χ0) is 30.8. The van der Waals surface area contributed by atoms with Crippen LogP contribution in [0, 0.1) is 5.82 Å². The molecule has 7 aromatic rings. The standard InChI is InChI=1S/C35H31FN8O/c1-44(2)13-12-38-27-15-24(14-26(36)18-27)32-34-31(10-11-39-32)40-35(41-34)33-29-17-23(8-9-30(29)42-43-33)25-16-28(20-37-19-25)45-21-22-6-4-3-5-7-22/h3-11,14-20,38H,12-13,21H2,1-2H3,(H,40,41)(H,42,43). The Morgan fingerprint density at radius 1 is 0.867 bits per heavy atom. The summed E-state index contributed by atoms with van der Waals surface area (Å²) in [4.78, 5) is 19.4. The molecule has 9 nitrogen and oxygen atoms in total. The summed E-state index contributed by atoms with van der Waals surface area (Å²) >= 11 is 0. The van der Waals surface area contributed by atoms with Crippen molar-refractivity contribution in [1.82, 2.24) is 35.0 Å². The molecule has 0 saturated carbocycles. The first-order valence-electron chi connectivity index (χ1n) is 14.6. The number of benzene rings is 3. The minimum Gasteiger partial charge on any atom is -0.487 e. The van der Waals surface area contributed by atoms with Crippen molar-refractivity contribution >= 4 is 27.6 Å². The van der Waals surface area contributed by atoms with E-state index in [0.29, 0.717) is 52.9 Å². The molecule has 224 valence electrons. The van der Waals surface area contributed by atoms with Gasteiger partial charge in [0.1, 0.15) is 29.4 Å². The normalized spacial score (nSPS) is 11.5. The number of ether oxygens (including phenoxy) is 1. The lowest BCUT2D eigenvalue weighted by Crippen LogP contribution is -2.20. The molecule has 0 radical (unpaired) electrons. The van der Waals surface area contributed by atoms with Gasteiger partial charge in [0.15, 0.2) is 5.82 Å². The van der Waals surface area contributed by atoms with Crippen LogP contribution in [0.1, 0.15) is 5.56 Å². The first-order valence-corrected chi connectivity index (χ1v) is 14.6. The van der Waals surface area contributed by atoms with E-state index in [2.05, 4.69) is 41.4 Å². The van der Waals surface area contributed by atoms with Crippen molar-refractivity contribution in [3.05, 3.63) is 109 Å². The highest BCUT2D eigenvalue weighted by Gasteiger charge is 2.17. The van der Waals surface area contributed by atoms with Gasteiger partial charge in [0.2, 0.25) is 0 Å². The van der Waals surface area contributed by atoms with E-state index in [-0.39, 0.29) is 5.82 Å². The molecule has 0 spiro atoms. The summed E-state index contributed by atoms with van der Waals surface area (Å²) in [5.41, 5.74) is 7.85. The number of H-pyrrole nitrogens is 2. The van der Waals surface area contributed by atoms with Crippen LogP contribution >= 0.6 is 0 Å². The Morgan fingerprint density at radius 3 is 2.62 bits per heavy atom. The molecule has 0 saturated heterocycles. The molecule has 0 amide bonds. The van der Waals surface area contributed by atoms with Gasteiger partial charge in [-0.1, -0.05) is 36.4 Å². The molecule has 0 aliphatic carbocycles. The Balaban J connectivity index is 1.20. The number of nitrogens with zero attached hydrogens (tertiary/aromatic N) is 5. The summed E-state index contributed by atoms with van der Waals surface area (Å²) in [6.45, 7) is 1.98. The number of likely N-dealkylation sites (N-methyl/N-ethyl adjacent to an activating group) is 1. The zero-order valence-corrected chi connectivity index (χ0v) is 24.9. The van der Waals surface area contributed by atoms with Gasteiger partial charge in [0, 0.05) is 47.7 Å². The van der Waals surface area contributed by atoms with Crippen LogP contribution in [0.5, 0.6) is 5.75 Å². The summed E-state index contributed by atoms with van der Waals surface area (Å²) in [6, 6.07) is 24.8. The van der Waals surface area contributed by atoms with E-state index in [9.17, 15) is 4.39 Å². The van der Waals surface area contributed by atoms with Crippen LogP contribution in [-0.4, -0.2) is 62.2 Å². The first kappa shape index (κ1) is 28.2. The van der Waals surface area contributed by atoms with Gasteiger partial charge in [-0.05, 0) is 67.7 Å². The van der Waals surface area contributed by atoms with Crippen LogP contribution in [0.15, 0.2) is 97.5 Å². The molecular formula is C35H31FN8O. The van der Waals surface area contributed by atoms with E-state index in [0.717, 1.165) is 39.7 Å². The molecule has 0 aliphatic rings. The molecule has 7 rings (SSSR count). The molecule has 4 aromatic heterocycles. The Bertz CT molecular complexity index is 2100. The molecular weight excluding hydrogens is 567 g/mol. The minimum absolute atomic E-state index is 0.343. The number of halogens is 1. The third kappa shape index (κ3) is 6.09. The zero-order valence-electron chi connectivity index (χ0n) is 24.9. The number of anilines is 1. The Hall–Kier alpha value is -5.61. The molecule has 0 aliphatic heterocycles. The topological polar surface area (TPSA) is 108 Å². The van der Waals surface area contributed by atoms with Gasteiger partial charge in [-0.3, -0.25) is 15.1 Å². The van der Waals surface area contributed by atoms with Gasteiger partial charge in [-0.2, -0.15) is 5.10 Å². The van der Waals surface area contributed by atoms with Crippen LogP contribution in [0.3, 0.4) is 0 Å². The van der Waals surface area contributed by atoms with Crippen molar-refractivity contribution in [1.29, 1.82) is 0 Å². The summed E-state index contributed by atoms with van der Waals surface area (Å²) in [5.74, 6) is 0.931. The Labute approximate surface area is 259 Å². The second-order valence-electron chi connectivity index (χ2n) is 11.1. The smallest absolute Gasteiger partial charge is 0.159 e. The van der Waals surface area contributed by atoms with Gasteiger partial charge < -0.3 is 19.9 Å². The number of pyridine rings is 2. The first-order chi connectivity index (χ1) is 22.0. The van der Waals surface area contributed by atoms with Crippen molar-refractivity contribution in [2.24, 2.45) is 0 Å². The van der Waals surface area contributed by atoms with E-state index in [4.69, 9.17) is 9.72 Å². The maximum Gasteiger partial charge on any atom is 0.159 e. The quantitative estimate of drug-likeness (QED) is 0.157. The highest BCUT2D eigenvalue weighted by molar-refractivity contribution is 5.97. The summed E-state index contributed by atoms with van der Waals surface area (Å²) < 4.78 is 20.7. The van der Waals surface area contributed by atoms with E-state index in [1.807, 2.05) is 81.0 Å². The van der Waals surface area contributed by atoms with Crippen molar-refractivity contribution in [2.75, 3.05) is 32.5 Å². The number of fused-ring (bicyclic) bond motifs is 2. The Kier molecular flexibility index (Phi) is 7.62. The van der Waals surface area contributed by atoms with Gasteiger partial charge in [-0.15, -0.1) is 0 Å². The second kappa shape index (κ2) is 12.2. The van der Waals surface area contributed by atoms with E-state index in [1.54, 1.807) is 12.4 Å². The number of aromatic amines is 2. The lowest BCUT2D eigenvalue weighted by atomic mass is 10.0. The molecule has 0 atom stereocenters. The molecule has 0 bridgehead atoms. The van der Waals surface area contributed by atoms with Crippen LogP contribution in [-0.2, 0) is 6.61 Å². The molecule has 0 unspecified atom stereocenters. The fourth-order valence-electron chi connectivity index (χ4n) is 5.28. The van der Waals surface area contributed by atoms with Gasteiger partial charge in [-0.25, -0.2) is 9.37 Å². The van der Waals surface area contributed by atoms with Crippen molar-refractivity contribution in [2.45, 2.75) is 6.61 Å². The fraction of sp³-hybridized carbons (Fsp3) is 0.143. The lowest BCUT2D eigenvalue weighted by Gasteiger charge is -2.12. The molecule has 45 heavy (non-hydrogen) atoms. The number of rotatable bonds is 10. The lowest BCUT2D eigenvalue weighted by molar-refractivity contribution is 0.305. The van der Waals surface area contributed by atoms with Gasteiger partial charge >= 0.3 is 0 Å². The molecule has 3 N–H and O–H groups in total. The third-order valence-electron chi connectivity index (χ3n) is 7.54. The number of hydrogen-bond donors (Lipinski definition) is 3. The van der Waals surface area contributed by atoms with E-state index >= 15 is 0 Å². The van der Waals surface area contributed by atoms with Crippen LogP contribution in [0.4, 0.5) is 10.1 Å². The maximum absolute atomic E-state index is 14.7.